The third-order valence-corrected chi connectivity index (χ3v) is 3.86. The molecule has 0 unspecified atom stereocenters. The summed E-state index contributed by atoms with van der Waals surface area (Å²) in [6.07, 6.45) is 6.83. The van der Waals surface area contributed by atoms with Crippen molar-refractivity contribution in [3.05, 3.63) is 60.1 Å². The second-order valence-electron chi connectivity index (χ2n) is 6.07. The highest BCUT2D eigenvalue weighted by Crippen LogP contribution is 2.09. The number of hydroxylamine groups is 1. The Bertz CT molecular complexity index is 714. The molecule has 0 bridgehead atoms. The standard InChI is InChI=1S/C19H25N5O2.2ClH/c1-3-16(14-24(2)13-15-7-5-4-6-8-15)22-18-12-20-17(11-21-18)9-10-19(25)23-26;;/h4-12,16,26H,3,13-14H2,1-2H3,(H,21,22)(H,23,25);2*1H/b10-9+;;/t16-;;/m1../s1. The van der Waals surface area contributed by atoms with Crippen LogP contribution in [-0.2, 0) is 11.3 Å². The second-order valence-corrected chi connectivity index (χ2v) is 6.07. The lowest BCUT2D eigenvalue weighted by Crippen LogP contribution is -2.34. The number of halogens is 2. The molecule has 1 heterocycles. The largest absolute Gasteiger partial charge is 0.365 e. The summed E-state index contributed by atoms with van der Waals surface area (Å²) >= 11 is 0. The number of nitrogens with zero attached hydrogens (tertiary/aromatic N) is 3. The van der Waals surface area contributed by atoms with Crippen LogP contribution in [0.15, 0.2) is 48.8 Å². The Morgan fingerprint density at radius 2 is 1.93 bits per heavy atom. The molecule has 9 heteroatoms. The Kier molecular flexibility index (Phi) is 12.8. The van der Waals surface area contributed by atoms with Gasteiger partial charge in [-0.05, 0) is 25.1 Å². The average Bonchev–Trinajstić information content (AvgIpc) is 2.67. The smallest absolute Gasteiger partial charge is 0.267 e. The Balaban J connectivity index is 0.00000364. The fourth-order valence-electron chi connectivity index (χ4n) is 2.52. The van der Waals surface area contributed by atoms with Crippen LogP contribution in [0.25, 0.3) is 6.08 Å². The number of likely N-dealkylation sites (N-methyl/N-ethyl adjacent to an activating group) is 1. The highest BCUT2D eigenvalue weighted by Gasteiger charge is 2.11. The molecule has 0 aliphatic carbocycles. The minimum absolute atomic E-state index is 0. The highest BCUT2D eigenvalue weighted by atomic mass is 35.5. The minimum Gasteiger partial charge on any atom is -0.365 e. The number of carbonyl (C=O) groups is 1. The first-order valence-electron chi connectivity index (χ1n) is 8.54. The Labute approximate surface area is 178 Å². The number of amides is 1. The number of nitrogens with one attached hydrogen (secondary N) is 2. The molecule has 0 spiro atoms. The van der Waals surface area contributed by atoms with E-state index >= 15 is 0 Å². The van der Waals surface area contributed by atoms with Crippen molar-refractivity contribution in [1.29, 1.82) is 0 Å². The molecule has 28 heavy (non-hydrogen) atoms. The summed E-state index contributed by atoms with van der Waals surface area (Å²) in [5.41, 5.74) is 3.35. The van der Waals surface area contributed by atoms with Gasteiger partial charge in [0.15, 0.2) is 0 Å². The number of hydrogen-bond donors (Lipinski definition) is 3. The molecule has 2 aromatic rings. The van der Waals surface area contributed by atoms with Crippen molar-refractivity contribution in [1.82, 2.24) is 20.3 Å². The summed E-state index contributed by atoms with van der Waals surface area (Å²) in [5, 5.41) is 11.8. The van der Waals surface area contributed by atoms with Crippen LogP contribution in [0.1, 0.15) is 24.6 Å². The lowest BCUT2D eigenvalue weighted by atomic mass is 10.2. The minimum atomic E-state index is -0.610. The maximum Gasteiger partial charge on any atom is 0.267 e. The van der Waals surface area contributed by atoms with Crippen molar-refractivity contribution >= 4 is 42.6 Å². The normalized spacial score (nSPS) is 11.4. The molecule has 0 fully saturated rings. The first-order chi connectivity index (χ1) is 12.6. The predicted octanol–water partition coefficient (Wildman–Crippen LogP) is 3.16. The molecule has 1 amide bonds. The van der Waals surface area contributed by atoms with Crippen LogP contribution in [0.5, 0.6) is 0 Å². The monoisotopic (exact) mass is 427 g/mol. The van der Waals surface area contributed by atoms with Crippen molar-refractivity contribution in [3.63, 3.8) is 0 Å². The number of hydrogen-bond acceptors (Lipinski definition) is 6. The molecule has 1 aromatic carbocycles. The van der Waals surface area contributed by atoms with E-state index in [9.17, 15) is 4.79 Å². The quantitative estimate of drug-likeness (QED) is 0.323. The van der Waals surface area contributed by atoms with Crippen LogP contribution in [0.4, 0.5) is 5.82 Å². The van der Waals surface area contributed by atoms with Gasteiger partial charge in [0.1, 0.15) is 5.82 Å². The van der Waals surface area contributed by atoms with Gasteiger partial charge >= 0.3 is 0 Å². The van der Waals surface area contributed by atoms with E-state index in [1.165, 1.54) is 23.2 Å². The Hall–Kier alpha value is -2.19. The van der Waals surface area contributed by atoms with E-state index in [4.69, 9.17) is 5.21 Å². The van der Waals surface area contributed by atoms with Gasteiger partial charge in [0.25, 0.3) is 5.91 Å². The molecule has 3 N–H and O–H groups in total. The highest BCUT2D eigenvalue weighted by molar-refractivity contribution is 5.90. The van der Waals surface area contributed by atoms with Gasteiger partial charge in [0.05, 0.1) is 18.1 Å². The van der Waals surface area contributed by atoms with E-state index in [0.29, 0.717) is 11.5 Å². The number of anilines is 1. The molecular formula is C19H27Cl2N5O2. The van der Waals surface area contributed by atoms with Crippen LogP contribution < -0.4 is 10.8 Å². The van der Waals surface area contributed by atoms with Crippen molar-refractivity contribution in [2.75, 3.05) is 18.9 Å². The topological polar surface area (TPSA) is 90.4 Å². The van der Waals surface area contributed by atoms with E-state index in [2.05, 4.69) is 58.4 Å². The summed E-state index contributed by atoms with van der Waals surface area (Å²) in [6, 6.07) is 10.6. The molecule has 154 valence electrons. The van der Waals surface area contributed by atoms with Crippen LogP contribution in [-0.4, -0.2) is 45.6 Å². The first-order valence-corrected chi connectivity index (χ1v) is 8.54. The van der Waals surface area contributed by atoms with E-state index in [1.54, 1.807) is 12.4 Å². The van der Waals surface area contributed by atoms with E-state index in [0.717, 1.165) is 19.5 Å². The second kappa shape index (κ2) is 13.9. The lowest BCUT2D eigenvalue weighted by molar-refractivity contribution is -0.124. The fourth-order valence-corrected chi connectivity index (χ4v) is 2.52. The zero-order chi connectivity index (χ0) is 18.8. The number of carbonyl (C=O) groups excluding carboxylic acids is 1. The van der Waals surface area contributed by atoms with Gasteiger partial charge in [-0.2, -0.15) is 0 Å². The molecule has 0 radical (unpaired) electrons. The van der Waals surface area contributed by atoms with Gasteiger partial charge in [-0.15, -0.1) is 24.8 Å². The third kappa shape index (κ3) is 9.14. The van der Waals surface area contributed by atoms with Gasteiger partial charge < -0.3 is 10.2 Å². The fraction of sp³-hybridized carbons (Fsp3) is 0.316. The van der Waals surface area contributed by atoms with Gasteiger partial charge in [0.2, 0.25) is 0 Å². The van der Waals surface area contributed by atoms with Crippen molar-refractivity contribution in [3.8, 4) is 0 Å². The summed E-state index contributed by atoms with van der Waals surface area (Å²) in [6.45, 7) is 3.90. The van der Waals surface area contributed by atoms with Gasteiger partial charge in [-0.1, -0.05) is 37.3 Å². The maximum atomic E-state index is 11.0. The van der Waals surface area contributed by atoms with Crippen molar-refractivity contribution < 1.29 is 10.0 Å². The number of aromatic nitrogens is 2. The lowest BCUT2D eigenvalue weighted by Gasteiger charge is -2.24. The van der Waals surface area contributed by atoms with Gasteiger partial charge in [0, 0.05) is 25.2 Å². The maximum absolute atomic E-state index is 11.0. The van der Waals surface area contributed by atoms with Crippen molar-refractivity contribution in [2.45, 2.75) is 25.9 Å². The van der Waals surface area contributed by atoms with Crippen LogP contribution >= 0.6 is 24.8 Å². The average molecular weight is 428 g/mol. The molecule has 0 saturated heterocycles. The van der Waals surface area contributed by atoms with Gasteiger partial charge in [-0.3, -0.25) is 15.0 Å². The first kappa shape index (κ1) is 25.8. The molecule has 0 aliphatic rings. The van der Waals surface area contributed by atoms with Crippen LogP contribution in [0.3, 0.4) is 0 Å². The summed E-state index contributed by atoms with van der Waals surface area (Å²) in [5.74, 6) is 0.0789. The van der Waals surface area contributed by atoms with E-state index in [-0.39, 0.29) is 30.9 Å². The third-order valence-electron chi connectivity index (χ3n) is 3.86. The van der Waals surface area contributed by atoms with E-state index < -0.39 is 5.91 Å². The Morgan fingerprint density at radius 1 is 1.21 bits per heavy atom. The van der Waals surface area contributed by atoms with Crippen molar-refractivity contribution in [2.24, 2.45) is 0 Å². The summed E-state index contributed by atoms with van der Waals surface area (Å²) < 4.78 is 0. The summed E-state index contributed by atoms with van der Waals surface area (Å²) in [4.78, 5) is 21.8. The van der Waals surface area contributed by atoms with Crippen LogP contribution in [0, 0.1) is 0 Å². The molecule has 2 rings (SSSR count). The number of benzene rings is 1. The van der Waals surface area contributed by atoms with Crippen LogP contribution in [0.2, 0.25) is 0 Å². The molecular weight excluding hydrogens is 401 g/mol. The SMILES string of the molecule is CC[C@H](CN(C)Cc1ccccc1)Nc1cnc(/C=C/C(=O)NO)cn1.Cl.Cl. The summed E-state index contributed by atoms with van der Waals surface area (Å²) in [7, 11) is 2.10. The molecule has 0 saturated carbocycles. The zero-order valence-electron chi connectivity index (χ0n) is 15.9. The van der Waals surface area contributed by atoms with Gasteiger partial charge in [-0.25, -0.2) is 10.5 Å². The number of rotatable bonds is 9. The predicted molar refractivity (Wildman–Crippen MR) is 116 cm³/mol. The molecule has 0 aliphatic heterocycles. The molecule has 1 atom stereocenters. The van der Waals surface area contributed by atoms with E-state index in [1.807, 2.05) is 6.07 Å². The zero-order valence-corrected chi connectivity index (χ0v) is 17.5. The Morgan fingerprint density at radius 3 is 2.50 bits per heavy atom. The molecule has 1 aromatic heterocycles. The molecule has 7 nitrogen and oxygen atoms in total.